The van der Waals surface area contributed by atoms with Crippen molar-refractivity contribution >= 4 is 11.6 Å². The normalized spacial score (nSPS) is 22.8. The molecule has 4 heteroatoms. The number of benzene rings is 4. The van der Waals surface area contributed by atoms with Gasteiger partial charge in [-0.2, -0.15) is 5.26 Å². The summed E-state index contributed by atoms with van der Waals surface area (Å²) in [5.74, 6) is 0.0359. The van der Waals surface area contributed by atoms with Gasteiger partial charge in [0.15, 0.2) is 5.72 Å². The van der Waals surface area contributed by atoms with E-state index >= 15 is 0 Å². The van der Waals surface area contributed by atoms with Crippen LogP contribution in [0.5, 0.6) is 0 Å². The summed E-state index contributed by atoms with van der Waals surface area (Å²) in [6.45, 7) is 0. The van der Waals surface area contributed by atoms with Crippen LogP contribution in [-0.2, 0) is 16.9 Å². The molecule has 0 bridgehead atoms. The molecule has 35 heavy (non-hydrogen) atoms. The van der Waals surface area contributed by atoms with Gasteiger partial charge in [0.1, 0.15) is 0 Å². The second-order valence-electron chi connectivity index (χ2n) is 9.20. The molecule has 6 rings (SSSR count). The lowest BCUT2D eigenvalue weighted by Crippen LogP contribution is -2.44. The summed E-state index contributed by atoms with van der Waals surface area (Å²) in [7, 11) is 0. The highest BCUT2D eigenvalue weighted by molar-refractivity contribution is 6.11. The van der Waals surface area contributed by atoms with Crippen molar-refractivity contribution in [2.75, 3.05) is 4.90 Å². The minimum Gasteiger partial charge on any atom is -0.347 e. The lowest BCUT2D eigenvalue weighted by molar-refractivity contribution is -0.0401. The van der Waals surface area contributed by atoms with Gasteiger partial charge in [-0.3, -0.25) is 9.69 Å². The molecule has 0 aliphatic carbocycles. The van der Waals surface area contributed by atoms with E-state index < -0.39 is 5.72 Å². The van der Waals surface area contributed by atoms with Crippen molar-refractivity contribution in [1.29, 1.82) is 5.26 Å². The van der Waals surface area contributed by atoms with Crippen molar-refractivity contribution in [2.45, 2.75) is 30.6 Å². The number of amides is 1. The molecule has 0 N–H and O–H groups in total. The van der Waals surface area contributed by atoms with Gasteiger partial charge in [0, 0.05) is 29.2 Å². The Hall–Kier alpha value is -4.20. The van der Waals surface area contributed by atoms with Gasteiger partial charge >= 0.3 is 0 Å². The first kappa shape index (κ1) is 21.3. The first-order valence-corrected chi connectivity index (χ1v) is 11.9. The van der Waals surface area contributed by atoms with Crippen molar-refractivity contribution in [3.05, 3.63) is 137 Å². The highest BCUT2D eigenvalue weighted by Gasteiger charge is 2.58. The van der Waals surface area contributed by atoms with Crippen LogP contribution >= 0.6 is 0 Å². The number of nitrogens with zero attached hydrogens (tertiary/aromatic N) is 2. The molecule has 0 saturated carbocycles. The first-order valence-electron chi connectivity index (χ1n) is 11.9. The molecule has 4 aromatic rings. The molecule has 2 aliphatic rings. The Labute approximate surface area is 205 Å². The van der Waals surface area contributed by atoms with Crippen LogP contribution < -0.4 is 4.90 Å². The van der Waals surface area contributed by atoms with Gasteiger partial charge in [-0.25, -0.2) is 0 Å². The van der Waals surface area contributed by atoms with Gasteiger partial charge in [0.05, 0.1) is 17.7 Å². The third-order valence-corrected chi connectivity index (χ3v) is 7.20. The zero-order valence-electron chi connectivity index (χ0n) is 19.2. The van der Waals surface area contributed by atoms with Gasteiger partial charge < -0.3 is 4.74 Å². The maximum atomic E-state index is 13.8. The minimum atomic E-state index is -0.915. The molecule has 0 radical (unpaired) electrons. The largest absolute Gasteiger partial charge is 0.347 e. The number of hydrogen-bond donors (Lipinski definition) is 0. The minimum absolute atomic E-state index is 0.0718. The van der Waals surface area contributed by atoms with E-state index in [9.17, 15) is 10.1 Å². The van der Waals surface area contributed by atoms with Gasteiger partial charge in [-0.15, -0.1) is 0 Å². The summed E-state index contributed by atoms with van der Waals surface area (Å²) in [4.78, 5) is 15.6. The summed E-state index contributed by atoms with van der Waals surface area (Å²) < 4.78 is 7.04. The second-order valence-corrected chi connectivity index (χ2v) is 9.20. The third-order valence-electron chi connectivity index (χ3n) is 7.20. The van der Waals surface area contributed by atoms with Crippen molar-refractivity contribution in [2.24, 2.45) is 0 Å². The average molecular weight is 457 g/mol. The lowest BCUT2D eigenvalue weighted by Gasteiger charge is -2.35. The smallest absolute Gasteiger partial charge is 0.261 e. The Bertz CT molecular complexity index is 1410. The number of carbonyl (C=O) groups excluding carboxylic acids is 1. The van der Waals surface area contributed by atoms with Gasteiger partial charge in [0.2, 0.25) is 0 Å². The quantitative estimate of drug-likeness (QED) is 0.368. The van der Waals surface area contributed by atoms with Crippen LogP contribution in [0.3, 0.4) is 0 Å². The number of fused-ring (bicyclic) bond motifs is 2. The van der Waals surface area contributed by atoms with E-state index in [0.29, 0.717) is 17.5 Å². The molecule has 3 atom stereocenters. The highest BCUT2D eigenvalue weighted by atomic mass is 16.5. The van der Waals surface area contributed by atoms with E-state index in [2.05, 4.69) is 54.6 Å². The van der Waals surface area contributed by atoms with E-state index in [4.69, 9.17) is 4.74 Å². The summed E-state index contributed by atoms with van der Waals surface area (Å²) in [5, 5.41) is 9.27. The molecular formula is C31H24N2O2. The summed E-state index contributed by atoms with van der Waals surface area (Å²) in [5.41, 5.74) is 4.37. The Morgan fingerprint density at radius 1 is 0.857 bits per heavy atom. The maximum Gasteiger partial charge on any atom is 0.261 e. The molecule has 1 saturated heterocycles. The van der Waals surface area contributed by atoms with Gasteiger partial charge in [-0.1, -0.05) is 78.9 Å². The Balaban J connectivity index is 1.49. The fraction of sp³-hybridized carbons (Fsp3) is 0.161. The monoisotopic (exact) mass is 456 g/mol. The number of nitriles is 1. The lowest BCUT2D eigenvalue weighted by atomic mass is 9.85. The SMILES string of the molecule is N#Cc1ccc(N2C(=O)c3ccccc3[C@@]23C[C@@H](c2ccccc2)[C@H](Cc2ccccc2)O3)cc1. The van der Waals surface area contributed by atoms with Crippen molar-refractivity contribution in [3.63, 3.8) is 0 Å². The first-order chi connectivity index (χ1) is 17.2. The van der Waals surface area contributed by atoms with Crippen LogP contribution in [0.1, 0.15) is 45.0 Å². The molecular weight excluding hydrogens is 432 g/mol. The van der Waals surface area contributed by atoms with Crippen molar-refractivity contribution < 1.29 is 9.53 Å². The molecule has 0 aromatic heterocycles. The predicted octanol–water partition coefficient (Wildman–Crippen LogP) is 6.19. The third kappa shape index (κ3) is 3.53. The van der Waals surface area contributed by atoms with Crippen LogP contribution in [0.4, 0.5) is 5.69 Å². The molecule has 2 aliphatic heterocycles. The Kier molecular flexibility index (Phi) is 5.21. The van der Waals surface area contributed by atoms with Gasteiger partial charge in [0.25, 0.3) is 5.91 Å². The molecule has 2 heterocycles. The number of hydrogen-bond acceptors (Lipinski definition) is 3. The second kappa shape index (κ2) is 8.54. The van der Waals surface area contributed by atoms with E-state index in [-0.39, 0.29) is 17.9 Å². The topological polar surface area (TPSA) is 53.3 Å². The van der Waals surface area contributed by atoms with Crippen LogP contribution in [0.25, 0.3) is 0 Å². The van der Waals surface area contributed by atoms with Crippen LogP contribution in [0.2, 0.25) is 0 Å². The zero-order valence-corrected chi connectivity index (χ0v) is 19.2. The molecule has 4 nitrogen and oxygen atoms in total. The van der Waals surface area contributed by atoms with Gasteiger partial charge in [-0.05, 0) is 47.9 Å². The van der Waals surface area contributed by atoms with Crippen LogP contribution in [0.15, 0.2) is 109 Å². The van der Waals surface area contributed by atoms with Crippen LogP contribution in [-0.4, -0.2) is 12.0 Å². The molecule has 170 valence electrons. The molecule has 0 unspecified atom stereocenters. The summed E-state index contributed by atoms with van der Waals surface area (Å²) in [6, 6.07) is 38.0. The van der Waals surface area contributed by atoms with Crippen molar-refractivity contribution in [1.82, 2.24) is 0 Å². The van der Waals surface area contributed by atoms with E-state index in [0.717, 1.165) is 17.7 Å². The summed E-state index contributed by atoms with van der Waals surface area (Å²) in [6.07, 6.45) is 1.29. The Morgan fingerprint density at radius 2 is 1.51 bits per heavy atom. The molecule has 1 spiro atoms. The van der Waals surface area contributed by atoms with E-state index in [1.165, 1.54) is 11.1 Å². The molecule has 1 amide bonds. The predicted molar refractivity (Wildman–Crippen MR) is 135 cm³/mol. The Morgan fingerprint density at radius 3 is 2.23 bits per heavy atom. The summed E-state index contributed by atoms with van der Waals surface area (Å²) >= 11 is 0. The fourth-order valence-corrected chi connectivity index (χ4v) is 5.62. The van der Waals surface area contributed by atoms with E-state index in [1.54, 1.807) is 17.0 Å². The fourth-order valence-electron chi connectivity index (χ4n) is 5.62. The standard InChI is InChI=1S/C31H24N2O2/c32-21-23-15-17-25(18-16-23)33-30(34)26-13-7-8-14-28(26)31(33)20-27(24-11-5-2-6-12-24)29(35-31)19-22-9-3-1-4-10-22/h1-18,27,29H,19-20H2/t27-,29-,31-/m0/s1. The highest BCUT2D eigenvalue weighted by Crippen LogP contribution is 2.55. The van der Waals surface area contributed by atoms with Crippen molar-refractivity contribution in [3.8, 4) is 6.07 Å². The number of anilines is 1. The number of ether oxygens (including phenoxy) is 1. The zero-order chi connectivity index (χ0) is 23.8. The van der Waals surface area contributed by atoms with Crippen LogP contribution in [0, 0.1) is 11.3 Å². The number of carbonyl (C=O) groups is 1. The van der Waals surface area contributed by atoms with E-state index in [1.807, 2.05) is 48.5 Å². The number of rotatable bonds is 4. The molecule has 4 aromatic carbocycles. The average Bonchev–Trinajstić information content (AvgIpc) is 3.40. The molecule has 1 fully saturated rings. The maximum absolute atomic E-state index is 13.8.